The standard InChI is InChI=1S/C24H28N4O3/c1-16(17-4-5-19-13-22(31-3)7-6-18(19)12-17)24(30)28-10-8-21(9-11-28)26-23(29)20-14-25-27(2)15-20/h4-7,12-16,21H,8-11H2,1-3H3,(H,26,29)/t16-/m0/s1. The highest BCUT2D eigenvalue weighted by Crippen LogP contribution is 2.27. The van der Waals surface area contributed by atoms with Crippen molar-refractivity contribution in [3.8, 4) is 5.75 Å². The minimum absolute atomic E-state index is 0.0720. The summed E-state index contributed by atoms with van der Waals surface area (Å²) in [7, 11) is 3.44. The van der Waals surface area contributed by atoms with Crippen LogP contribution in [-0.4, -0.2) is 52.7 Å². The lowest BCUT2D eigenvalue weighted by molar-refractivity contribution is -0.133. The lowest BCUT2D eigenvalue weighted by atomic mass is 9.95. The quantitative estimate of drug-likeness (QED) is 0.688. The zero-order chi connectivity index (χ0) is 22.0. The molecule has 1 N–H and O–H groups in total. The summed E-state index contributed by atoms with van der Waals surface area (Å²) in [4.78, 5) is 27.3. The van der Waals surface area contributed by atoms with Crippen molar-refractivity contribution in [3.63, 3.8) is 0 Å². The molecule has 2 aromatic carbocycles. The Morgan fingerprint density at radius 1 is 1.13 bits per heavy atom. The van der Waals surface area contributed by atoms with Gasteiger partial charge in [0, 0.05) is 32.4 Å². The first-order valence-corrected chi connectivity index (χ1v) is 10.6. The number of rotatable bonds is 5. The molecule has 0 unspecified atom stereocenters. The topological polar surface area (TPSA) is 76.5 Å². The SMILES string of the molecule is COc1ccc2cc([C@H](C)C(=O)N3CCC(NC(=O)c4cnn(C)c4)CC3)ccc2c1. The van der Waals surface area contributed by atoms with E-state index in [2.05, 4.69) is 16.5 Å². The summed E-state index contributed by atoms with van der Waals surface area (Å²) in [5.74, 6) is 0.625. The Balaban J connectivity index is 1.35. The summed E-state index contributed by atoms with van der Waals surface area (Å²) >= 11 is 0. The Morgan fingerprint density at radius 3 is 2.52 bits per heavy atom. The van der Waals surface area contributed by atoms with Gasteiger partial charge in [-0.25, -0.2) is 0 Å². The Morgan fingerprint density at radius 2 is 1.84 bits per heavy atom. The van der Waals surface area contributed by atoms with Crippen LogP contribution in [-0.2, 0) is 11.8 Å². The Kier molecular flexibility index (Phi) is 5.93. The highest BCUT2D eigenvalue weighted by Gasteiger charge is 2.28. The number of amides is 2. The van der Waals surface area contributed by atoms with Crippen molar-refractivity contribution in [3.05, 3.63) is 59.9 Å². The number of nitrogens with one attached hydrogen (secondary N) is 1. The molecule has 4 rings (SSSR count). The minimum atomic E-state index is -0.215. The van der Waals surface area contributed by atoms with Gasteiger partial charge in [0.15, 0.2) is 0 Å². The number of aryl methyl sites for hydroxylation is 1. The number of nitrogens with zero attached hydrogens (tertiary/aromatic N) is 3. The molecule has 1 saturated heterocycles. The van der Waals surface area contributed by atoms with Crippen molar-refractivity contribution < 1.29 is 14.3 Å². The van der Waals surface area contributed by atoms with Crippen LogP contribution < -0.4 is 10.1 Å². The molecule has 7 nitrogen and oxygen atoms in total. The van der Waals surface area contributed by atoms with E-state index in [-0.39, 0.29) is 23.8 Å². The number of benzene rings is 2. The van der Waals surface area contributed by atoms with E-state index in [0.717, 1.165) is 34.9 Å². The van der Waals surface area contributed by atoms with Crippen LogP contribution in [0.3, 0.4) is 0 Å². The van der Waals surface area contributed by atoms with E-state index in [1.165, 1.54) is 0 Å². The molecule has 2 amide bonds. The fraction of sp³-hybridized carbons (Fsp3) is 0.375. The monoisotopic (exact) mass is 420 g/mol. The third-order valence-corrected chi connectivity index (χ3v) is 6.05. The molecular weight excluding hydrogens is 392 g/mol. The van der Waals surface area contributed by atoms with E-state index in [0.29, 0.717) is 18.7 Å². The van der Waals surface area contributed by atoms with Crippen molar-refractivity contribution in [2.75, 3.05) is 20.2 Å². The van der Waals surface area contributed by atoms with Crippen LogP contribution in [0.5, 0.6) is 5.75 Å². The minimum Gasteiger partial charge on any atom is -0.497 e. The zero-order valence-corrected chi connectivity index (χ0v) is 18.2. The molecule has 1 atom stereocenters. The molecule has 3 aromatic rings. The number of likely N-dealkylation sites (tertiary alicyclic amines) is 1. The van der Waals surface area contributed by atoms with E-state index in [4.69, 9.17) is 4.74 Å². The number of carbonyl (C=O) groups is 2. The maximum Gasteiger partial charge on any atom is 0.254 e. The van der Waals surface area contributed by atoms with E-state index in [1.54, 1.807) is 31.2 Å². The van der Waals surface area contributed by atoms with Gasteiger partial charge in [-0.1, -0.05) is 24.3 Å². The normalized spacial score (nSPS) is 15.6. The lowest BCUT2D eigenvalue weighted by Gasteiger charge is -2.34. The van der Waals surface area contributed by atoms with Gasteiger partial charge in [-0.3, -0.25) is 14.3 Å². The van der Waals surface area contributed by atoms with Crippen LogP contribution in [0.25, 0.3) is 10.8 Å². The molecule has 1 fully saturated rings. The summed E-state index contributed by atoms with van der Waals surface area (Å²) < 4.78 is 6.90. The average Bonchev–Trinajstić information content (AvgIpc) is 3.24. The molecule has 1 aliphatic rings. The lowest BCUT2D eigenvalue weighted by Crippen LogP contribution is -2.47. The molecular formula is C24H28N4O3. The molecule has 0 bridgehead atoms. The van der Waals surface area contributed by atoms with Crippen LogP contribution in [0.1, 0.15) is 41.6 Å². The molecule has 162 valence electrons. The van der Waals surface area contributed by atoms with E-state index >= 15 is 0 Å². The maximum atomic E-state index is 13.1. The van der Waals surface area contributed by atoms with Gasteiger partial charge in [-0.2, -0.15) is 5.10 Å². The van der Waals surface area contributed by atoms with E-state index in [9.17, 15) is 9.59 Å². The number of aromatic nitrogens is 2. The maximum absolute atomic E-state index is 13.1. The zero-order valence-electron chi connectivity index (χ0n) is 18.2. The van der Waals surface area contributed by atoms with Crippen molar-refractivity contribution in [2.24, 2.45) is 7.05 Å². The summed E-state index contributed by atoms with van der Waals surface area (Å²) in [6.45, 7) is 3.25. The van der Waals surface area contributed by atoms with Gasteiger partial charge >= 0.3 is 0 Å². The van der Waals surface area contributed by atoms with Gasteiger partial charge < -0.3 is 15.0 Å². The molecule has 2 heterocycles. The Labute approximate surface area is 182 Å². The van der Waals surface area contributed by atoms with Gasteiger partial charge in [0.05, 0.1) is 24.8 Å². The van der Waals surface area contributed by atoms with Gasteiger partial charge in [0.25, 0.3) is 5.91 Å². The number of ether oxygens (including phenoxy) is 1. The third-order valence-electron chi connectivity index (χ3n) is 6.05. The smallest absolute Gasteiger partial charge is 0.254 e. The summed E-state index contributed by atoms with van der Waals surface area (Å²) in [6.07, 6.45) is 4.77. The van der Waals surface area contributed by atoms with Gasteiger partial charge in [-0.15, -0.1) is 0 Å². The molecule has 0 aliphatic carbocycles. The second-order valence-electron chi connectivity index (χ2n) is 8.17. The molecule has 1 aliphatic heterocycles. The molecule has 7 heteroatoms. The Hall–Kier alpha value is -3.35. The highest BCUT2D eigenvalue weighted by atomic mass is 16.5. The fourth-order valence-corrected chi connectivity index (χ4v) is 4.11. The molecule has 0 saturated carbocycles. The first-order chi connectivity index (χ1) is 14.9. The van der Waals surface area contributed by atoms with Crippen LogP contribution in [0, 0.1) is 0 Å². The molecule has 0 spiro atoms. The molecule has 0 radical (unpaired) electrons. The molecule has 1 aromatic heterocycles. The van der Waals surface area contributed by atoms with Gasteiger partial charge in [-0.05, 0) is 48.2 Å². The van der Waals surface area contributed by atoms with Crippen molar-refractivity contribution in [2.45, 2.75) is 31.7 Å². The summed E-state index contributed by atoms with van der Waals surface area (Å²) in [5.41, 5.74) is 1.57. The Bertz CT molecular complexity index is 1100. The first-order valence-electron chi connectivity index (χ1n) is 10.6. The van der Waals surface area contributed by atoms with Crippen LogP contribution in [0.15, 0.2) is 48.8 Å². The second kappa shape index (κ2) is 8.79. The number of piperidine rings is 1. The van der Waals surface area contributed by atoms with Gasteiger partial charge in [0.1, 0.15) is 5.75 Å². The number of methoxy groups -OCH3 is 1. The largest absolute Gasteiger partial charge is 0.497 e. The summed E-state index contributed by atoms with van der Waals surface area (Å²) in [5, 5.41) is 9.28. The van der Waals surface area contributed by atoms with Crippen molar-refractivity contribution >= 4 is 22.6 Å². The second-order valence-corrected chi connectivity index (χ2v) is 8.17. The number of hydrogen-bond donors (Lipinski definition) is 1. The van der Waals surface area contributed by atoms with Crippen molar-refractivity contribution in [1.29, 1.82) is 0 Å². The average molecular weight is 421 g/mol. The van der Waals surface area contributed by atoms with Crippen LogP contribution in [0.4, 0.5) is 0 Å². The number of fused-ring (bicyclic) bond motifs is 1. The third kappa shape index (κ3) is 4.55. The highest BCUT2D eigenvalue weighted by molar-refractivity contribution is 5.94. The van der Waals surface area contributed by atoms with Gasteiger partial charge in [0.2, 0.25) is 5.91 Å². The fourth-order valence-electron chi connectivity index (χ4n) is 4.11. The van der Waals surface area contributed by atoms with Crippen LogP contribution >= 0.6 is 0 Å². The predicted octanol–water partition coefficient (Wildman–Crippen LogP) is 3.11. The van der Waals surface area contributed by atoms with E-state index in [1.807, 2.05) is 42.2 Å². The van der Waals surface area contributed by atoms with E-state index < -0.39 is 0 Å². The number of carbonyl (C=O) groups excluding carboxylic acids is 2. The predicted molar refractivity (Wildman–Crippen MR) is 119 cm³/mol. The first kappa shape index (κ1) is 20.9. The molecule has 31 heavy (non-hydrogen) atoms. The van der Waals surface area contributed by atoms with Crippen molar-refractivity contribution in [1.82, 2.24) is 20.0 Å². The number of hydrogen-bond acceptors (Lipinski definition) is 4. The van der Waals surface area contributed by atoms with Crippen LogP contribution in [0.2, 0.25) is 0 Å². The summed E-state index contributed by atoms with van der Waals surface area (Å²) in [6, 6.07) is 12.2.